The fourth-order valence-corrected chi connectivity index (χ4v) is 6.17. The predicted molar refractivity (Wildman–Crippen MR) is 167 cm³/mol. The molecule has 2 aromatic carbocycles. The van der Waals surface area contributed by atoms with Crippen LogP contribution in [-0.2, 0) is 24.3 Å². The third-order valence-corrected chi connectivity index (χ3v) is 8.53. The standard InChI is InChI=1S/C31H30N4O5S2/c1-4-12-34-28(33-17-21-7-10-25-26(14-21)40-18-39-25)23(19(2)24(16-32)29(34)36)15-27-30(37)35(31(41)42-27)13-11-20-5-8-22(38-3)9-6-20/h5-10,14-15,33H,4,11-13,17-18H2,1-3H3/b27-15+. The van der Waals surface area contributed by atoms with Gasteiger partial charge in [0.15, 0.2) is 11.5 Å². The zero-order valence-corrected chi connectivity index (χ0v) is 25.2. The van der Waals surface area contributed by atoms with Gasteiger partial charge in [0.1, 0.15) is 27.5 Å². The molecule has 0 radical (unpaired) electrons. The van der Waals surface area contributed by atoms with Crippen LogP contribution in [0.1, 0.15) is 41.2 Å². The Morgan fingerprint density at radius 1 is 1.12 bits per heavy atom. The molecule has 0 atom stereocenters. The van der Waals surface area contributed by atoms with Crippen LogP contribution < -0.4 is 25.1 Å². The van der Waals surface area contributed by atoms with Crippen LogP contribution in [0.25, 0.3) is 6.08 Å². The summed E-state index contributed by atoms with van der Waals surface area (Å²) in [7, 11) is 1.62. The van der Waals surface area contributed by atoms with E-state index >= 15 is 0 Å². The fourth-order valence-electron chi connectivity index (χ4n) is 4.88. The number of aromatic nitrogens is 1. The van der Waals surface area contributed by atoms with Crippen LogP contribution in [0.5, 0.6) is 17.2 Å². The van der Waals surface area contributed by atoms with Crippen LogP contribution in [-0.4, -0.2) is 40.1 Å². The number of amides is 1. The fraction of sp³-hybridized carbons (Fsp3) is 0.290. The summed E-state index contributed by atoms with van der Waals surface area (Å²) in [4.78, 5) is 28.9. The highest BCUT2D eigenvalue weighted by molar-refractivity contribution is 8.26. The molecule has 0 bridgehead atoms. The van der Waals surface area contributed by atoms with E-state index in [4.69, 9.17) is 26.4 Å². The molecule has 9 nitrogen and oxygen atoms in total. The van der Waals surface area contributed by atoms with Gasteiger partial charge in [0, 0.05) is 25.2 Å². The van der Waals surface area contributed by atoms with Crippen LogP contribution in [0, 0.1) is 18.3 Å². The van der Waals surface area contributed by atoms with Gasteiger partial charge in [0.2, 0.25) is 6.79 Å². The first-order valence-corrected chi connectivity index (χ1v) is 14.7. The van der Waals surface area contributed by atoms with Gasteiger partial charge in [-0.25, -0.2) is 0 Å². The highest BCUT2D eigenvalue weighted by Gasteiger charge is 2.32. The number of rotatable bonds is 10. The summed E-state index contributed by atoms with van der Waals surface area (Å²) in [5, 5.41) is 13.3. The summed E-state index contributed by atoms with van der Waals surface area (Å²) in [5.41, 5.74) is 2.78. The number of anilines is 1. The Kier molecular flexibility index (Phi) is 8.85. The van der Waals surface area contributed by atoms with Crippen LogP contribution >= 0.6 is 24.0 Å². The van der Waals surface area contributed by atoms with Gasteiger partial charge in [-0.1, -0.05) is 49.1 Å². The van der Waals surface area contributed by atoms with Crippen molar-refractivity contribution in [2.75, 3.05) is 25.8 Å². The quantitative estimate of drug-likeness (QED) is 0.247. The Labute approximate surface area is 253 Å². The largest absolute Gasteiger partial charge is 0.497 e. The van der Waals surface area contributed by atoms with Crippen molar-refractivity contribution < 1.29 is 19.0 Å². The Hall–Kier alpha value is -4.27. The zero-order chi connectivity index (χ0) is 29.8. The molecule has 1 N–H and O–H groups in total. The first kappa shape index (κ1) is 29.2. The number of thioether (sulfide) groups is 1. The molecule has 1 amide bonds. The SMILES string of the molecule is CCCn1c(NCc2ccc3c(c2)OCO3)c(/C=C2/SC(=S)N(CCc3ccc(OC)cc3)C2=O)c(C)c(C#N)c1=O. The molecule has 2 aliphatic rings. The molecule has 11 heteroatoms. The number of pyridine rings is 1. The van der Waals surface area contributed by atoms with E-state index in [9.17, 15) is 14.9 Å². The lowest BCUT2D eigenvalue weighted by atomic mass is 10.0. The molecule has 0 saturated carbocycles. The van der Waals surface area contributed by atoms with Crippen molar-refractivity contribution in [3.8, 4) is 23.3 Å². The lowest BCUT2D eigenvalue weighted by Gasteiger charge is -2.20. The van der Waals surface area contributed by atoms with Crippen LogP contribution in [0.3, 0.4) is 0 Å². The van der Waals surface area contributed by atoms with Gasteiger partial charge in [-0.3, -0.25) is 19.1 Å². The second kappa shape index (κ2) is 12.7. The molecule has 2 aliphatic heterocycles. The molecular formula is C31H30N4O5S2. The van der Waals surface area contributed by atoms with Crippen LogP contribution in [0.2, 0.25) is 0 Å². The minimum Gasteiger partial charge on any atom is -0.497 e. The topological polar surface area (TPSA) is 106 Å². The summed E-state index contributed by atoms with van der Waals surface area (Å²) in [6, 6.07) is 15.4. The van der Waals surface area contributed by atoms with E-state index in [1.54, 1.807) is 29.6 Å². The third kappa shape index (κ3) is 5.86. The van der Waals surface area contributed by atoms with Gasteiger partial charge < -0.3 is 19.5 Å². The van der Waals surface area contributed by atoms with Crippen molar-refractivity contribution in [1.29, 1.82) is 5.26 Å². The molecule has 0 spiro atoms. The number of nitrogens with one attached hydrogen (secondary N) is 1. The number of nitriles is 1. The first-order valence-electron chi connectivity index (χ1n) is 13.5. The maximum atomic E-state index is 13.5. The van der Waals surface area contributed by atoms with E-state index in [1.165, 1.54) is 11.8 Å². The van der Waals surface area contributed by atoms with Crippen molar-refractivity contribution in [3.63, 3.8) is 0 Å². The molecule has 216 valence electrons. The van der Waals surface area contributed by atoms with Crippen LogP contribution in [0.15, 0.2) is 52.2 Å². The molecule has 1 fully saturated rings. The normalized spacial score (nSPS) is 14.9. The highest BCUT2D eigenvalue weighted by Crippen LogP contribution is 2.36. The lowest BCUT2D eigenvalue weighted by molar-refractivity contribution is -0.122. The summed E-state index contributed by atoms with van der Waals surface area (Å²) in [5.74, 6) is 2.46. The number of hydrogen-bond acceptors (Lipinski definition) is 9. The Morgan fingerprint density at radius 3 is 2.57 bits per heavy atom. The molecule has 3 heterocycles. The Morgan fingerprint density at radius 2 is 1.86 bits per heavy atom. The van der Waals surface area contributed by atoms with Gasteiger partial charge in [-0.2, -0.15) is 5.26 Å². The number of ether oxygens (including phenoxy) is 3. The average molecular weight is 603 g/mol. The van der Waals surface area contributed by atoms with E-state index in [2.05, 4.69) is 11.4 Å². The third-order valence-electron chi connectivity index (χ3n) is 7.15. The Balaban J connectivity index is 1.46. The second-order valence-corrected chi connectivity index (χ2v) is 11.5. The predicted octanol–water partition coefficient (Wildman–Crippen LogP) is 5.23. The van der Waals surface area contributed by atoms with E-state index in [1.807, 2.05) is 49.4 Å². The van der Waals surface area contributed by atoms with Gasteiger partial charge in [0.25, 0.3) is 11.5 Å². The number of benzene rings is 2. The molecule has 5 rings (SSSR count). The first-order chi connectivity index (χ1) is 20.3. The van der Waals surface area contributed by atoms with E-state index in [0.717, 1.165) is 16.9 Å². The number of carbonyl (C=O) groups is 1. The van der Waals surface area contributed by atoms with Gasteiger partial charge in [0.05, 0.1) is 12.0 Å². The molecule has 3 aromatic rings. The minimum atomic E-state index is -0.366. The summed E-state index contributed by atoms with van der Waals surface area (Å²) < 4.78 is 18.2. The maximum absolute atomic E-state index is 13.5. The number of hydrogen-bond donors (Lipinski definition) is 1. The van der Waals surface area contributed by atoms with Crippen molar-refractivity contribution in [2.24, 2.45) is 0 Å². The van der Waals surface area contributed by atoms with Crippen molar-refractivity contribution in [3.05, 3.63) is 85.5 Å². The second-order valence-electron chi connectivity index (χ2n) is 9.80. The molecule has 0 aliphatic carbocycles. The smallest absolute Gasteiger partial charge is 0.270 e. The lowest BCUT2D eigenvalue weighted by Crippen LogP contribution is -2.30. The molecule has 42 heavy (non-hydrogen) atoms. The summed E-state index contributed by atoms with van der Waals surface area (Å²) in [6.45, 7) is 5.10. The van der Waals surface area contributed by atoms with Gasteiger partial charge in [-0.05, 0) is 66.8 Å². The van der Waals surface area contributed by atoms with Crippen molar-refractivity contribution in [1.82, 2.24) is 9.47 Å². The summed E-state index contributed by atoms with van der Waals surface area (Å²) >= 11 is 6.81. The Bertz CT molecular complexity index is 1670. The number of fused-ring (bicyclic) bond motifs is 1. The molecule has 1 saturated heterocycles. The minimum absolute atomic E-state index is 0.0540. The average Bonchev–Trinajstić information content (AvgIpc) is 3.57. The number of thiocarbonyl (C=S) groups is 1. The number of carbonyl (C=O) groups excluding carboxylic acids is 1. The van der Waals surface area contributed by atoms with Gasteiger partial charge in [-0.15, -0.1) is 0 Å². The maximum Gasteiger partial charge on any atom is 0.270 e. The van der Waals surface area contributed by atoms with Crippen LogP contribution in [0.4, 0.5) is 5.82 Å². The monoisotopic (exact) mass is 602 g/mol. The van der Waals surface area contributed by atoms with E-state index in [0.29, 0.717) is 70.1 Å². The molecule has 1 aromatic heterocycles. The number of nitrogens with zero attached hydrogens (tertiary/aromatic N) is 3. The van der Waals surface area contributed by atoms with Crippen molar-refractivity contribution >= 4 is 46.1 Å². The zero-order valence-electron chi connectivity index (χ0n) is 23.6. The molecular weight excluding hydrogens is 572 g/mol. The van der Waals surface area contributed by atoms with Crippen molar-refractivity contribution in [2.45, 2.75) is 39.8 Å². The highest BCUT2D eigenvalue weighted by atomic mass is 32.2. The number of methoxy groups -OCH3 is 1. The van der Waals surface area contributed by atoms with Gasteiger partial charge >= 0.3 is 0 Å². The van der Waals surface area contributed by atoms with E-state index in [-0.39, 0.29) is 23.8 Å². The summed E-state index contributed by atoms with van der Waals surface area (Å²) in [6.07, 6.45) is 3.06. The van der Waals surface area contributed by atoms with E-state index < -0.39 is 0 Å². The molecule has 0 unspecified atom stereocenters.